The van der Waals surface area contributed by atoms with E-state index in [9.17, 15) is 18.4 Å². The summed E-state index contributed by atoms with van der Waals surface area (Å²) in [5.74, 6) is -1.94. The molecule has 0 saturated carbocycles. The predicted molar refractivity (Wildman–Crippen MR) is 107 cm³/mol. The van der Waals surface area contributed by atoms with Crippen LogP contribution in [0.25, 0.3) is 16.5 Å². The fourth-order valence-electron chi connectivity index (χ4n) is 3.76. The lowest BCUT2D eigenvalue weighted by atomic mass is 10.1. The van der Waals surface area contributed by atoms with Crippen molar-refractivity contribution < 1.29 is 13.6 Å². The van der Waals surface area contributed by atoms with Crippen LogP contribution in [0.15, 0.2) is 53.5 Å². The van der Waals surface area contributed by atoms with Crippen LogP contribution in [-0.2, 0) is 0 Å². The van der Waals surface area contributed by atoms with E-state index in [4.69, 9.17) is 0 Å². The van der Waals surface area contributed by atoms with Gasteiger partial charge in [0.1, 0.15) is 11.6 Å². The third-order valence-electron chi connectivity index (χ3n) is 5.25. The minimum absolute atomic E-state index is 0.103. The van der Waals surface area contributed by atoms with Gasteiger partial charge >= 0.3 is 0 Å². The first kappa shape index (κ1) is 19.3. The molecule has 0 atom stereocenters. The van der Waals surface area contributed by atoms with Gasteiger partial charge in [-0.05, 0) is 44.1 Å². The van der Waals surface area contributed by atoms with Gasteiger partial charge in [-0.15, -0.1) is 0 Å². The number of nitrogens with one attached hydrogen (secondary N) is 1. The molecule has 150 valence electrons. The van der Waals surface area contributed by atoms with E-state index in [1.54, 1.807) is 24.3 Å². The SMILES string of the molecule is O=C(NCCN1CCCC1)c1cn(-c2ccc(F)cc2F)c(=O)c2ccccc12. The maximum absolute atomic E-state index is 14.3. The van der Waals surface area contributed by atoms with Gasteiger partial charge < -0.3 is 10.2 Å². The fraction of sp³-hybridized carbons (Fsp3) is 0.273. The lowest BCUT2D eigenvalue weighted by Crippen LogP contribution is -2.34. The Bertz CT molecular complexity index is 1120. The number of benzene rings is 2. The number of aromatic nitrogens is 1. The highest BCUT2D eigenvalue weighted by Gasteiger charge is 2.18. The second kappa shape index (κ2) is 8.13. The second-order valence-electron chi connectivity index (χ2n) is 7.16. The van der Waals surface area contributed by atoms with Crippen LogP contribution < -0.4 is 10.9 Å². The Morgan fingerprint density at radius 1 is 1.03 bits per heavy atom. The third-order valence-corrected chi connectivity index (χ3v) is 5.25. The highest BCUT2D eigenvalue weighted by molar-refractivity contribution is 6.06. The Morgan fingerprint density at radius 3 is 2.48 bits per heavy atom. The van der Waals surface area contributed by atoms with Gasteiger partial charge in [0.05, 0.1) is 11.3 Å². The molecular formula is C22H21F2N3O2. The molecule has 1 amide bonds. The van der Waals surface area contributed by atoms with Crippen molar-refractivity contribution in [2.24, 2.45) is 0 Å². The summed E-state index contributed by atoms with van der Waals surface area (Å²) < 4.78 is 28.7. The lowest BCUT2D eigenvalue weighted by molar-refractivity contribution is 0.0951. The number of amides is 1. The van der Waals surface area contributed by atoms with E-state index in [1.807, 2.05) is 0 Å². The second-order valence-corrected chi connectivity index (χ2v) is 7.16. The molecule has 0 spiro atoms. The molecule has 1 aromatic heterocycles. The van der Waals surface area contributed by atoms with Gasteiger partial charge in [0, 0.05) is 36.1 Å². The molecule has 0 bridgehead atoms. The average molecular weight is 397 g/mol. The molecule has 1 aliphatic heterocycles. The maximum Gasteiger partial charge on any atom is 0.263 e. The van der Waals surface area contributed by atoms with E-state index in [2.05, 4.69) is 10.2 Å². The number of halogens is 2. The number of hydrogen-bond donors (Lipinski definition) is 1. The fourth-order valence-corrected chi connectivity index (χ4v) is 3.76. The molecule has 0 aliphatic carbocycles. The summed E-state index contributed by atoms with van der Waals surface area (Å²) in [5.41, 5.74) is -0.307. The number of rotatable bonds is 5. The summed E-state index contributed by atoms with van der Waals surface area (Å²) in [6, 6.07) is 9.70. The molecule has 5 nitrogen and oxygen atoms in total. The molecule has 0 unspecified atom stereocenters. The van der Waals surface area contributed by atoms with Crippen LogP contribution in [0.4, 0.5) is 8.78 Å². The Balaban J connectivity index is 1.71. The molecule has 1 N–H and O–H groups in total. The van der Waals surface area contributed by atoms with Crippen LogP contribution in [0.3, 0.4) is 0 Å². The number of fused-ring (bicyclic) bond motifs is 1. The summed E-state index contributed by atoms with van der Waals surface area (Å²) in [6.45, 7) is 3.31. The molecule has 1 saturated heterocycles. The van der Waals surface area contributed by atoms with Gasteiger partial charge in [-0.25, -0.2) is 8.78 Å². The predicted octanol–water partition coefficient (Wildman–Crippen LogP) is 3.09. The topological polar surface area (TPSA) is 54.3 Å². The first-order valence-corrected chi connectivity index (χ1v) is 9.65. The molecular weight excluding hydrogens is 376 g/mol. The highest BCUT2D eigenvalue weighted by Crippen LogP contribution is 2.19. The van der Waals surface area contributed by atoms with E-state index in [-0.39, 0.29) is 17.2 Å². The minimum Gasteiger partial charge on any atom is -0.351 e. The molecule has 29 heavy (non-hydrogen) atoms. The quantitative estimate of drug-likeness (QED) is 0.720. The number of nitrogens with zero attached hydrogens (tertiary/aromatic N) is 2. The number of pyridine rings is 1. The van der Waals surface area contributed by atoms with E-state index in [0.717, 1.165) is 30.3 Å². The summed E-state index contributed by atoms with van der Waals surface area (Å²) in [4.78, 5) is 28.0. The number of carbonyl (C=O) groups is 1. The molecule has 1 fully saturated rings. The zero-order chi connectivity index (χ0) is 20.4. The molecule has 1 aliphatic rings. The molecule has 4 rings (SSSR count). The van der Waals surface area contributed by atoms with Crippen LogP contribution in [0, 0.1) is 11.6 Å². The zero-order valence-corrected chi connectivity index (χ0v) is 15.8. The monoisotopic (exact) mass is 397 g/mol. The van der Waals surface area contributed by atoms with Crippen LogP contribution in [0.1, 0.15) is 23.2 Å². The zero-order valence-electron chi connectivity index (χ0n) is 15.8. The van der Waals surface area contributed by atoms with Crippen molar-refractivity contribution in [3.05, 3.63) is 76.2 Å². The molecule has 0 radical (unpaired) electrons. The van der Waals surface area contributed by atoms with Crippen LogP contribution >= 0.6 is 0 Å². The Labute approximate surface area is 166 Å². The average Bonchev–Trinajstić information content (AvgIpc) is 3.22. The number of hydrogen-bond acceptors (Lipinski definition) is 3. The largest absolute Gasteiger partial charge is 0.351 e. The summed E-state index contributed by atoms with van der Waals surface area (Å²) in [7, 11) is 0. The molecule has 2 aromatic carbocycles. The Morgan fingerprint density at radius 2 is 1.76 bits per heavy atom. The third kappa shape index (κ3) is 3.91. The van der Waals surface area contributed by atoms with Crippen LogP contribution in [0.5, 0.6) is 0 Å². The van der Waals surface area contributed by atoms with Crippen molar-refractivity contribution in [2.45, 2.75) is 12.8 Å². The van der Waals surface area contributed by atoms with Crippen molar-refractivity contribution in [3.63, 3.8) is 0 Å². The van der Waals surface area contributed by atoms with Gasteiger partial charge in [0.2, 0.25) is 0 Å². The van der Waals surface area contributed by atoms with Crippen molar-refractivity contribution in [1.29, 1.82) is 0 Å². The number of carbonyl (C=O) groups excluding carboxylic acids is 1. The lowest BCUT2D eigenvalue weighted by Gasteiger charge is -2.16. The maximum atomic E-state index is 14.3. The Hall–Kier alpha value is -3.06. The van der Waals surface area contributed by atoms with Gasteiger partial charge in [-0.2, -0.15) is 0 Å². The number of likely N-dealkylation sites (tertiary alicyclic amines) is 1. The summed E-state index contributed by atoms with van der Waals surface area (Å²) >= 11 is 0. The van der Waals surface area contributed by atoms with Crippen molar-refractivity contribution >= 4 is 16.7 Å². The molecule has 7 heteroatoms. The normalized spacial score (nSPS) is 14.4. The standard InChI is InChI=1S/C22H21F2N3O2/c23-15-7-8-20(19(24)13-15)27-14-18(16-5-1-2-6-17(16)22(27)29)21(28)25-9-12-26-10-3-4-11-26/h1-2,5-8,13-14H,3-4,9-12H2,(H,25,28). The molecule has 2 heterocycles. The van der Waals surface area contributed by atoms with Crippen LogP contribution in [-0.4, -0.2) is 41.6 Å². The van der Waals surface area contributed by atoms with Gasteiger partial charge in [-0.1, -0.05) is 18.2 Å². The summed E-state index contributed by atoms with van der Waals surface area (Å²) in [6.07, 6.45) is 3.67. The Kier molecular flexibility index (Phi) is 5.40. The van der Waals surface area contributed by atoms with E-state index >= 15 is 0 Å². The highest BCUT2D eigenvalue weighted by atomic mass is 19.1. The van der Waals surface area contributed by atoms with Gasteiger partial charge in [0.15, 0.2) is 0 Å². The van der Waals surface area contributed by atoms with E-state index < -0.39 is 17.2 Å². The van der Waals surface area contributed by atoms with Gasteiger partial charge in [-0.3, -0.25) is 14.2 Å². The van der Waals surface area contributed by atoms with Crippen LogP contribution in [0.2, 0.25) is 0 Å². The van der Waals surface area contributed by atoms with Crippen molar-refractivity contribution in [3.8, 4) is 5.69 Å². The van der Waals surface area contributed by atoms with Crippen molar-refractivity contribution in [2.75, 3.05) is 26.2 Å². The summed E-state index contributed by atoms with van der Waals surface area (Å²) in [5, 5.41) is 3.68. The minimum atomic E-state index is -0.872. The van der Waals surface area contributed by atoms with Crippen molar-refractivity contribution in [1.82, 2.24) is 14.8 Å². The first-order chi connectivity index (χ1) is 14.0. The van der Waals surface area contributed by atoms with Gasteiger partial charge in [0.25, 0.3) is 11.5 Å². The van der Waals surface area contributed by atoms with E-state index in [0.29, 0.717) is 23.4 Å². The smallest absolute Gasteiger partial charge is 0.263 e. The van der Waals surface area contributed by atoms with E-state index in [1.165, 1.54) is 25.1 Å². The first-order valence-electron chi connectivity index (χ1n) is 9.65. The molecule has 3 aromatic rings.